The van der Waals surface area contributed by atoms with Crippen LogP contribution >= 0.6 is 11.3 Å². The Hall–Kier alpha value is -4.05. The number of nitrogens with one attached hydrogen (secondary N) is 1. The summed E-state index contributed by atoms with van der Waals surface area (Å²) in [6.07, 6.45) is 11.5. The van der Waals surface area contributed by atoms with Crippen molar-refractivity contribution in [2.45, 2.75) is 88.8 Å². The van der Waals surface area contributed by atoms with Gasteiger partial charge in [0.1, 0.15) is 18.3 Å². The smallest absolute Gasteiger partial charge is 0.251 e. The molecule has 2 aromatic carbocycles. The van der Waals surface area contributed by atoms with Gasteiger partial charge in [-0.25, -0.2) is 0 Å². The molecule has 2 fully saturated rings. The Labute approximate surface area is 262 Å². The zero-order chi connectivity index (χ0) is 30.3. The van der Waals surface area contributed by atoms with Gasteiger partial charge in [-0.3, -0.25) is 14.5 Å². The lowest BCUT2D eigenvalue weighted by Crippen LogP contribution is -2.48. The fourth-order valence-corrected chi connectivity index (χ4v) is 7.30. The highest BCUT2D eigenvalue weighted by Gasteiger charge is 2.35. The molecule has 230 valence electrons. The third-order valence-corrected chi connectivity index (χ3v) is 9.79. The summed E-state index contributed by atoms with van der Waals surface area (Å²) in [5, 5.41) is 18.1. The first-order chi connectivity index (χ1) is 21.6. The van der Waals surface area contributed by atoms with Gasteiger partial charge in [-0.1, -0.05) is 56.7 Å². The van der Waals surface area contributed by atoms with Crippen molar-refractivity contribution in [2.75, 3.05) is 12.0 Å². The Morgan fingerprint density at radius 1 is 0.955 bits per heavy atom. The molecule has 0 saturated heterocycles. The van der Waals surface area contributed by atoms with Gasteiger partial charge in [0.15, 0.2) is 0 Å². The second-order valence-corrected chi connectivity index (χ2v) is 12.8. The van der Waals surface area contributed by atoms with E-state index in [2.05, 4.69) is 32.9 Å². The number of amides is 2. The molecule has 2 aliphatic rings. The van der Waals surface area contributed by atoms with E-state index in [-0.39, 0.29) is 24.4 Å². The van der Waals surface area contributed by atoms with Crippen molar-refractivity contribution < 1.29 is 14.3 Å². The van der Waals surface area contributed by atoms with Crippen LogP contribution in [-0.2, 0) is 16.1 Å². The van der Waals surface area contributed by atoms with Gasteiger partial charge in [0.2, 0.25) is 11.7 Å². The van der Waals surface area contributed by atoms with Crippen LogP contribution < -0.4 is 15.0 Å². The van der Waals surface area contributed by atoms with E-state index >= 15 is 0 Å². The number of hydrogen-bond donors (Lipinski definition) is 1. The molecular formula is C34H40N6O3S. The highest BCUT2D eigenvalue weighted by molar-refractivity contribution is 7.10. The Kier molecular flexibility index (Phi) is 9.65. The van der Waals surface area contributed by atoms with E-state index < -0.39 is 6.04 Å². The molecule has 0 spiro atoms. The molecule has 6 rings (SSSR count). The normalized spacial score (nSPS) is 16.8. The first kappa shape index (κ1) is 30.0. The van der Waals surface area contributed by atoms with E-state index in [9.17, 15) is 9.59 Å². The van der Waals surface area contributed by atoms with Gasteiger partial charge in [-0.2, -0.15) is 4.80 Å². The van der Waals surface area contributed by atoms with Gasteiger partial charge in [0.25, 0.3) is 5.91 Å². The number of rotatable bonds is 10. The summed E-state index contributed by atoms with van der Waals surface area (Å²) in [6, 6.07) is 18.8. The fourth-order valence-electron chi connectivity index (χ4n) is 6.49. The Bertz CT molecular complexity index is 1510. The summed E-state index contributed by atoms with van der Waals surface area (Å²) in [4.78, 5) is 32.1. The number of nitrogens with zero attached hydrogens (tertiary/aromatic N) is 5. The molecular weight excluding hydrogens is 572 g/mol. The molecule has 1 atom stereocenters. The minimum atomic E-state index is -0.811. The van der Waals surface area contributed by atoms with E-state index in [1.807, 2.05) is 53.9 Å². The van der Waals surface area contributed by atoms with E-state index in [1.54, 1.807) is 12.0 Å². The Morgan fingerprint density at radius 3 is 2.32 bits per heavy atom. The van der Waals surface area contributed by atoms with Crippen LogP contribution in [-0.4, -0.2) is 45.2 Å². The SMILES string of the molecule is COc1ccc(-c2nnn(CC(=O)N(c3ccc(C4CCCCC4)cc3)C(C(=O)NC3CCCCC3)c3cccs3)n2)cc1. The zero-order valence-electron chi connectivity index (χ0n) is 25.2. The number of ether oxygens (including phenoxy) is 1. The number of benzene rings is 2. The van der Waals surface area contributed by atoms with Gasteiger partial charge < -0.3 is 10.1 Å². The summed E-state index contributed by atoms with van der Waals surface area (Å²) >= 11 is 1.48. The van der Waals surface area contributed by atoms with Crippen LogP contribution in [0.2, 0.25) is 0 Å². The van der Waals surface area contributed by atoms with Crippen molar-refractivity contribution in [2.24, 2.45) is 0 Å². The standard InChI is InChI=1S/C34H40N6O3S/c1-43-29-20-16-26(17-21-29)33-36-38-39(37-33)23-31(41)40(28-18-14-25(15-19-28)24-9-4-2-5-10-24)32(30-13-8-22-44-30)34(42)35-27-11-6-3-7-12-27/h8,13-22,24,27,32H,2-7,9-12,23H2,1H3,(H,35,42). The predicted molar refractivity (Wildman–Crippen MR) is 172 cm³/mol. The van der Waals surface area contributed by atoms with Crippen molar-refractivity contribution in [1.29, 1.82) is 0 Å². The Balaban J connectivity index is 1.30. The van der Waals surface area contributed by atoms with Gasteiger partial charge in [0.05, 0.1) is 7.11 Å². The molecule has 10 heteroatoms. The summed E-state index contributed by atoms with van der Waals surface area (Å²) in [7, 11) is 1.61. The maximum Gasteiger partial charge on any atom is 0.251 e. The quantitative estimate of drug-likeness (QED) is 0.214. The molecule has 0 radical (unpaired) electrons. The molecule has 2 aliphatic carbocycles. The van der Waals surface area contributed by atoms with Crippen LogP contribution in [0.25, 0.3) is 11.4 Å². The second-order valence-electron chi connectivity index (χ2n) is 11.8. The topological polar surface area (TPSA) is 102 Å². The number of tetrazole rings is 1. The number of anilines is 1. The highest BCUT2D eigenvalue weighted by Crippen LogP contribution is 2.36. The molecule has 44 heavy (non-hydrogen) atoms. The number of methoxy groups -OCH3 is 1. The first-order valence-corrected chi connectivity index (χ1v) is 16.6. The van der Waals surface area contributed by atoms with E-state index in [1.165, 1.54) is 60.2 Å². The molecule has 0 aliphatic heterocycles. The molecule has 9 nitrogen and oxygen atoms in total. The summed E-state index contributed by atoms with van der Waals surface area (Å²) in [6.45, 7) is -0.161. The molecule has 2 saturated carbocycles. The molecule has 0 bridgehead atoms. The van der Waals surface area contributed by atoms with Crippen molar-refractivity contribution in [1.82, 2.24) is 25.5 Å². The minimum Gasteiger partial charge on any atom is -0.497 e. The van der Waals surface area contributed by atoms with Gasteiger partial charge in [0, 0.05) is 22.2 Å². The number of carbonyl (C=O) groups is 2. The van der Waals surface area contributed by atoms with Gasteiger partial charge in [-0.05, 0) is 90.2 Å². The number of hydrogen-bond acceptors (Lipinski definition) is 7. The van der Waals surface area contributed by atoms with Crippen molar-refractivity contribution in [3.8, 4) is 17.1 Å². The molecule has 1 unspecified atom stereocenters. The van der Waals surface area contributed by atoms with Crippen molar-refractivity contribution in [3.05, 3.63) is 76.5 Å². The molecule has 2 amide bonds. The molecule has 1 N–H and O–H groups in total. The maximum atomic E-state index is 14.3. The van der Waals surface area contributed by atoms with Crippen LogP contribution in [0.15, 0.2) is 66.0 Å². The van der Waals surface area contributed by atoms with Crippen molar-refractivity contribution in [3.63, 3.8) is 0 Å². The highest BCUT2D eigenvalue weighted by atomic mass is 32.1. The van der Waals surface area contributed by atoms with Crippen LogP contribution in [0.3, 0.4) is 0 Å². The summed E-state index contributed by atoms with van der Waals surface area (Å²) in [5.74, 6) is 1.24. The van der Waals surface area contributed by atoms with E-state index in [4.69, 9.17) is 4.74 Å². The van der Waals surface area contributed by atoms with Gasteiger partial charge in [-0.15, -0.1) is 21.5 Å². The summed E-state index contributed by atoms with van der Waals surface area (Å²) < 4.78 is 5.25. The number of aromatic nitrogens is 4. The predicted octanol–water partition coefficient (Wildman–Crippen LogP) is 6.68. The van der Waals surface area contributed by atoms with Crippen LogP contribution in [0.4, 0.5) is 5.69 Å². The zero-order valence-corrected chi connectivity index (χ0v) is 26.0. The lowest BCUT2D eigenvalue weighted by molar-refractivity contribution is -0.127. The number of thiophene rings is 1. The molecule has 4 aromatic rings. The van der Waals surface area contributed by atoms with Crippen LogP contribution in [0, 0.1) is 0 Å². The second kappa shape index (κ2) is 14.2. The maximum absolute atomic E-state index is 14.3. The average Bonchev–Trinajstić information content (AvgIpc) is 3.77. The molecule has 2 heterocycles. The minimum absolute atomic E-state index is 0.119. The van der Waals surface area contributed by atoms with Gasteiger partial charge >= 0.3 is 0 Å². The Morgan fingerprint density at radius 2 is 1.66 bits per heavy atom. The lowest BCUT2D eigenvalue weighted by Gasteiger charge is -2.33. The fraction of sp³-hybridized carbons (Fsp3) is 0.441. The first-order valence-electron chi connectivity index (χ1n) is 15.8. The third-order valence-electron chi connectivity index (χ3n) is 8.87. The number of carbonyl (C=O) groups excluding carboxylic acids is 2. The largest absolute Gasteiger partial charge is 0.497 e. The van der Waals surface area contributed by atoms with Crippen LogP contribution in [0.1, 0.15) is 86.6 Å². The molecule has 2 aromatic heterocycles. The van der Waals surface area contributed by atoms with Crippen LogP contribution in [0.5, 0.6) is 5.75 Å². The monoisotopic (exact) mass is 612 g/mol. The lowest BCUT2D eigenvalue weighted by atomic mass is 9.84. The van der Waals surface area contributed by atoms with E-state index in [0.717, 1.165) is 41.9 Å². The third kappa shape index (κ3) is 7.01. The van der Waals surface area contributed by atoms with Crippen molar-refractivity contribution >= 4 is 28.8 Å². The summed E-state index contributed by atoms with van der Waals surface area (Å²) in [5.41, 5.74) is 2.74. The van der Waals surface area contributed by atoms with E-state index in [0.29, 0.717) is 17.4 Å². The average molecular weight is 613 g/mol.